The van der Waals surface area contributed by atoms with Crippen molar-refractivity contribution >= 4 is 6.16 Å². The van der Waals surface area contributed by atoms with Crippen LogP contribution in [0.2, 0.25) is 0 Å². The molecule has 0 saturated heterocycles. The van der Waals surface area contributed by atoms with Crippen LogP contribution in [-0.4, -0.2) is 6.16 Å². The highest BCUT2D eigenvalue weighted by atomic mass is 16.7. The van der Waals surface area contributed by atoms with E-state index in [1.165, 1.54) is 167 Å². The summed E-state index contributed by atoms with van der Waals surface area (Å²) >= 11 is 0. The first-order chi connectivity index (χ1) is 19.8. The number of allylic oxidation sites excluding steroid dienone is 6. The van der Waals surface area contributed by atoms with E-state index in [0.717, 1.165) is 12.8 Å². The molecule has 0 unspecified atom stereocenters. The molecular weight excluding hydrogens is 492 g/mol. The Kier molecular flexibility index (Phi) is 33.7. The molecule has 40 heavy (non-hydrogen) atoms. The molecule has 0 aromatic carbocycles. The minimum Gasteiger partial charge on any atom is -0.403 e. The molecule has 0 atom stereocenters. The Balaban J connectivity index is 3.41. The summed E-state index contributed by atoms with van der Waals surface area (Å²) < 4.78 is 9.84. The van der Waals surface area contributed by atoms with E-state index in [2.05, 4.69) is 26.0 Å². The average molecular weight is 559 g/mol. The molecule has 0 bridgehead atoms. The number of unbranched alkanes of at least 4 members (excludes halogenated alkanes) is 24. The van der Waals surface area contributed by atoms with Crippen LogP contribution in [0.15, 0.2) is 49.0 Å². The highest BCUT2D eigenvalue weighted by Gasteiger charge is 1.97. The van der Waals surface area contributed by atoms with Gasteiger partial charge in [-0.3, -0.25) is 0 Å². The summed E-state index contributed by atoms with van der Waals surface area (Å²) in [5.74, 6) is 0. The highest BCUT2D eigenvalue weighted by molar-refractivity contribution is 5.61. The van der Waals surface area contributed by atoms with Crippen LogP contribution in [0.5, 0.6) is 0 Å². The number of carbonyl (C=O) groups is 1. The fourth-order valence-electron chi connectivity index (χ4n) is 4.86. The quantitative estimate of drug-likeness (QED) is 0.0380. The third-order valence-corrected chi connectivity index (χ3v) is 7.43. The van der Waals surface area contributed by atoms with Crippen LogP contribution in [0.25, 0.3) is 0 Å². The Morgan fingerprint density at radius 2 is 0.675 bits per heavy atom. The largest absolute Gasteiger partial charge is 0.518 e. The van der Waals surface area contributed by atoms with Crippen molar-refractivity contribution in [1.29, 1.82) is 0 Å². The van der Waals surface area contributed by atoms with E-state index < -0.39 is 6.16 Å². The van der Waals surface area contributed by atoms with Gasteiger partial charge < -0.3 is 9.47 Å². The van der Waals surface area contributed by atoms with E-state index in [-0.39, 0.29) is 0 Å². The van der Waals surface area contributed by atoms with Crippen molar-refractivity contribution in [1.82, 2.24) is 0 Å². The van der Waals surface area contributed by atoms with Gasteiger partial charge in [0.25, 0.3) is 0 Å². The maximum absolute atomic E-state index is 11.6. The zero-order valence-electron chi connectivity index (χ0n) is 26.7. The van der Waals surface area contributed by atoms with Crippen LogP contribution >= 0.6 is 0 Å². The second kappa shape index (κ2) is 35.3. The minimum absolute atomic E-state index is 0.712. The smallest absolute Gasteiger partial charge is 0.403 e. The summed E-state index contributed by atoms with van der Waals surface area (Å²) in [5, 5.41) is 0. The van der Waals surface area contributed by atoms with E-state index in [1.54, 1.807) is 12.2 Å². The Morgan fingerprint density at radius 3 is 0.975 bits per heavy atom. The Bertz CT molecular complexity index is 565. The lowest BCUT2D eigenvalue weighted by Gasteiger charge is -2.02. The molecule has 3 nitrogen and oxygen atoms in total. The lowest BCUT2D eigenvalue weighted by Crippen LogP contribution is -1.97. The van der Waals surface area contributed by atoms with Gasteiger partial charge in [-0.25, -0.2) is 4.79 Å². The van der Waals surface area contributed by atoms with Crippen molar-refractivity contribution in [3.05, 3.63) is 49.0 Å². The molecule has 0 aliphatic rings. The van der Waals surface area contributed by atoms with Gasteiger partial charge in [-0.1, -0.05) is 179 Å². The van der Waals surface area contributed by atoms with Crippen molar-refractivity contribution < 1.29 is 14.3 Å². The molecule has 0 saturated carbocycles. The van der Waals surface area contributed by atoms with Gasteiger partial charge in [-0.05, 0) is 37.8 Å². The monoisotopic (exact) mass is 559 g/mol. The lowest BCUT2D eigenvalue weighted by molar-refractivity contribution is 0.119. The van der Waals surface area contributed by atoms with E-state index in [0.29, 0.717) is 0 Å². The molecule has 0 fully saturated rings. The average Bonchev–Trinajstić information content (AvgIpc) is 2.96. The first-order valence-electron chi connectivity index (χ1n) is 17.3. The van der Waals surface area contributed by atoms with Crippen molar-refractivity contribution in [2.45, 2.75) is 181 Å². The zero-order chi connectivity index (χ0) is 29.0. The standard InChI is InChI=1S/C37H66O3/c1-3-5-7-9-11-13-15-17-19-21-23-25-27-29-31-33-35-39-37(38)40-36-34-32-30-28-26-24-22-20-18-16-14-12-10-8-6-4-2/h29-36H,3-28H2,1-2H3/b31-29+,32-30+,35-33+,36-34+. The number of ether oxygens (including phenoxy) is 2. The molecule has 0 aliphatic heterocycles. The molecular formula is C37H66O3. The predicted molar refractivity (Wildman–Crippen MR) is 176 cm³/mol. The summed E-state index contributed by atoms with van der Waals surface area (Å²) in [6, 6.07) is 0. The molecule has 0 aliphatic carbocycles. The fraction of sp³-hybridized carbons (Fsp3) is 0.757. The second-order valence-electron chi connectivity index (χ2n) is 11.4. The van der Waals surface area contributed by atoms with Crippen molar-refractivity contribution in [3.63, 3.8) is 0 Å². The molecule has 0 amide bonds. The van der Waals surface area contributed by atoms with Crippen LogP contribution in [0.3, 0.4) is 0 Å². The topological polar surface area (TPSA) is 35.5 Å². The number of rotatable bonds is 30. The molecule has 0 spiro atoms. The lowest BCUT2D eigenvalue weighted by atomic mass is 10.0. The van der Waals surface area contributed by atoms with Gasteiger partial charge >= 0.3 is 6.16 Å². The van der Waals surface area contributed by atoms with E-state index in [9.17, 15) is 4.79 Å². The van der Waals surface area contributed by atoms with Crippen LogP contribution in [-0.2, 0) is 9.47 Å². The molecule has 0 radical (unpaired) electrons. The SMILES string of the molecule is CCCCCCCCCCCCCC/C=C/C=C/OC(=O)O/C=C/C=C/CCCCCCCCCCCCCC. The Hall–Kier alpha value is -1.77. The summed E-state index contributed by atoms with van der Waals surface area (Å²) in [5.41, 5.74) is 0. The minimum atomic E-state index is -0.712. The molecule has 0 rings (SSSR count). The third-order valence-electron chi connectivity index (χ3n) is 7.43. The Labute approximate surface area is 250 Å². The van der Waals surface area contributed by atoms with E-state index in [4.69, 9.17) is 9.47 Å². The van der Waals surface area contributed by atoms with Crippen LogP contribution in [0.4, 0.5) is 4.79 Å². The summed E-state index contributed by atoms with van der Waals surface area (Å²) in [6.07, 6.45) is 48.7. The van der Waals surface area contributed by atoms with Crippen molar-refractivity contribution in [3.8, 4) is 0 Å². The van der Waals surface area contributed by atoms with Crippen LogP contribution < -0.4 is 0 Å². The first-order valence-corrected chi connectivity index (χ1v) is 17.3. The van der Waals surface area contributed by atoms with E-state index >= 15 is 0 Å². The van der Waals surface area contributed by atoms with Gasteiger partial charge in [-0.15, -0.1) is 0 Å². The zero-order valence-corrected chi connectivity index (χ0v) is 26.7. The summed E-state index contributed by atoms with van der Waals surface area (Å²) in [7, 11) is 0. The van der Waals surface area contributed by atoms with E-state index in [1.807, 2.05) is 12.2 Å². The maximum Gasteiger partial charge on any atom is 0.518 e. The molecule has 232 valence electrons. The Morgan fingerprint density at radius 1 is 0.400 bits per heavy atom. The van der Waals surface area contributed by atoms with Crippen molar-refractivity contribution in [2.24, 2.45) is 0 Å². The van der Waals surface area contributed by atoms with Gasteiger partial charge in [0.15, 0.2) is 0 Å². The third kappa shape index (κ3) is 34.3. The van der Waals surface area contributed by atoms with Crippen molar-refractivity contribution in [2.75, 3.05) is 0 Å². The molecule has 0 heterocycles. The molecule has 0 aromatic rings. The maximum atomic E-state index is 11.6. The fourth-order valence-corrected chi connectivity index (χ4v) is 4.86. The van der Waals surface area contributed by atoms with Gasteiger partial charge in [0.05, 0.1) is 12.5 Å². The summed E-state index contributed by atoms with van der Waals surface area (Å²) in [4.78, 5) is 11.6. The van der Waals surface area contributed by atoms with Gasteiger partial charge in [0, 0.05) is 0 Å². The number of hydrogen-bond donors (Lipinski definition) is 0. The van der Waals surface area contributed by atoms with Gasteiger partial charge in [0.2, 0.25) is 0 Å². The number of carbonyl (C=O) groups excluding carboxylic acids is 1. The molecule has 3 heteroatoms. The normalized spacial score (nSPS) is 12.1. The van der Waals surface area contributed by atoms with Crippen LogP contribution in [0.1, 0.15) is 181 Å². The van der Waals surface area contributed by atoms with Gasteiger partial charge in [-0.2, -0.15) is 0 Å². The van der Waals surface area contributed by atoms with Crippen LogP contribution in [0, 0.1) is 0 Å². The molecule has 0 N–H and O–H groups in total. The van der Waals surface area contributed by atoms with Gasteiger partial charge in [0.1, 0.15) is 0 Å². The first kappa shape index (κ1) is 38.2. The summed E-state index contributed by atoms with van der Waals surface area (Å²) in [6.45, 7) is 4.55. The predicted octanol–water partition coefficient (Wildman–Crippen LogP) is 13.5. The molecule has 0 aromatic heterocycles. The number of hydrogen-bond acceptors (Lipinski definition) is 3. The second-order valence-corrected chi connectivity index (χ2v) is 11.4. The highest BCUT2D eigenvalue weighted by Crippen LogP contribution is 2.14.